The van der Waals surface area contributed by atoms with E-state index < -0.39 is 5.97 Å². The van der Waals surface area contributed by atoms with Crippen molar-refractivity contribution in [2.24, 2.45) is 0 Å². The minimum absolute atomic E-state index is 0.131. The molecule has 5 heteroatoms. The SMILES string of the molecule is CCN(c1cccc(C)c1)c1cc(C(=O)O)cc(Cl)n1. The Morgan fingerprint density at radius 2 is 2.10 bits per heavy atom. The van der Waals surface area contributed by atoms with Gasteiger partial charge in [0.2, 0.25) is 0 Å². The Hall–Kier alpha value is -2.07. The Morgan fingerprint density at radius 1 is 1.35 bits per heavy atom. The summed E-state index contributed by atoms with van der Waals surface area (Å²) in [5, 5.41) is 9.27. The largest absolute Gasteiger partial charge is 0.478 e. The molecule has 0 amide bonds. The third-order valence-electron chi connectivity index (χ3n) is 2.93. The number of nitrogens with zero attached hydrogens (tertiary/aromatic N) is 2. The number of hydrogen-bond donors (Lipinski definition) is 1. The third-order valence-corrected chi connectivity index (χ3v) is 3.13. The number of aromatic carboxylic acids is 1. The van der Waals surface area contributed by atoms with E-state index in [4.69, 9.17) is 16.7 Å². The lowest BCUT2D eigenvalue weighted by molar-refractivity contribution is 0.0697. The Kier molecular flexibility index (Phi) is 4.25. The third kappa shape index (κ3) is 3.08. The number of aromatic nitrogens is 1. The van der Waals surface area contributed by atoms with Crippen LogP contribution in [-0.2, 0) is 0 Å². The second-order valence-corrected chi connectivity index (χ2v) is 4.81. The van der Waals surface area contributed by atoms with Crippen LogP contribution in [-0.4, -0.2) is 22.6 Å². The zero-order chi connectivity index (χ0) is 14.7. The highest BCUT2D eigenvalue weighted by molar-refractivity contribution is 6.29. The fraction of sp³-hybridized carbons (Fsp3) is 0.200. The van der Waals surface area contributed by atoms with E-state index in [-0.39, 0.29) is 10.7 Å². The van der Waals surface area contributed by atoms with Gasteiger partial charge in [-0.3, -0.25) is 0 Å². The molecule has 2 aromatic rings. The highest BCUT2D eigenvalue weighted by Crippen LogP contribution is 2.26. The standard InChI is InChI=1S/C15H15ClN2O2/c1-3-18(12-6-4-5-10(2)7-12)14-9-11(15(19)20)8-13(16)17-14/h4-9H,3H2,1-2H3,(H,19,20). The maximum Gasteiger partial charge on any atom is 0.335 e. The van der Waals surface area contributed by atoms with Crippen molar-refractivity contribution in [2.45, 2.75) is 13.8 Å². The molecular weight excluding hydrogens is 276 g/mol. The first-order valence-electron chi connectivity index (χ1n) is 6.26. The maximum atomic E-state index is 11.1. The molecule has 0 spiro atoms. The molecule has 0 saturated carbocycles. The molecule has 20 heavy (non-hydrogen) atoms. The van der Waals surface area contributed by atoms with Gasteiger partial charge in [-0.1, -0.05) is 23.7 Å². The maximum absolute atomic E-state index is 11.1. The summed E-state index contributed by atoms with van der Waals surface area (Å²) in [5.41, 5.74) is 2.21. The number of anilines is 2. The summed E-state index contributed by atoms with van der Waals surface area (Å²) in [6.45, 7) is 4.65. The first-order valence-corrected chi connectivity index (χ1v) is 6.64. The van der Waals surface area contributed by atoms with E-state index in [1.807, 2.05) is 43.0 Å². The van der Waals surface area contributed by atoms with Crippen LogP contribution in [0.2, 0.25) is 5.15 Å². The minimum Gasteiger partial charge on any atom is -0.478 e. The van der Waals surface area contributed by atoms with Crippen LogP contribution in [0.4, 0.5) is 11.5 Å². The molecule has 0 atom stereocenters. The highest BCUT2D eigenvalue weighted by atomic mass is 35.5. The monoisotopic (exact) mass is 290 g/mol. The average molecular weight is 291 g/mol. The number of halogens is 1. The van der Waals surface area contributed by atoms with Crippen LogP contribution < -0.4 is 4.90 Å². The Balaban J connectivity index is 2.49. The first-order chi connectivity index (χ1) is 9.51. The van der Waals surface area contributed by atoms with Gasteiger partial charge >= 0.3 is 5.97 Å². The van der Waals surface area contributed by atoms with Crippen molar-refractivity contribution in [3.63, 3.8) is 0 Å². The van der Waals surface area contributed by atoms with Crippen LogP contribution in [0.15, 0.2) is 36.4 Å². The number of pyridine rings is 1. The number of carboxylic acids is 1. The molecule has 0 aliphatic carbocycles. The van der Waals surface area contributed by atoms with E-state index in [1.165, 1.54) is 12.1 Å². The van der Waals surface area contributed by atoms with E-state index in [0.717, 1.165) is 11.3 Å². The Morgan fingerprint density at radius 3 is 2.70 bits per heavy atom. The van der Waals surface area contributed by atoms with Gasteiger partial charge in [0, 0.05) is 12.2 Å². The summed E-state index contributed by atoms with van der Waals surface area (Å²) in [7, 11) is 0. The number of carboxylic acid groups (broad SMARTS) is 1. The first kappa shape index (κ1) is 14.3. The smallest absolute Gasteiger partial charge is 0.335 e. The van der Waals surface area contributed by atoms with E-state index in [0.29, 0.717) is 12.4 Å². The van der Waals surface area contributed by atoms with Crippen molar-refractivity contribution < 1.29 is 9.90 Å². The van der Waals surface area contributed by atoms with Gasteiger partial charge in [-0.2, -0.15) is 0 Å². The van der Waals surface area contributed by atoms with Crippen LogP contribution in [0, 0.1) is 6.92 Å². The van der Waals surface area contributed by atoms with Gasteiger partial charge in [-0.15, -0.1) is 0 Å². The Bertz CT molecular complexity index is 644. The second kappa shape index (κ2) is 5.92. The second-order valence-electron chi connectivity index (χ2n) is 4.43. The molecule has 0 saturated heterocycles. The van der Waals surface area contributed by atoms with Crippen molar-refractivity contribution in [2.75, 3.05) is 11.4 Å². The van der Waals surface area contributed by atoms with Gasteiger partial charge in [-0.25, -0.2) is 9.78 Å². The fourth-order valence-corrected chi connectivity index (χ4v) is 2.22. The molecule has 0 fully saturated rings. The van der Waals surface area contributed by atoms with Crippen molar-refractivity contribution >= 4 is 29.1 Å². The van der Waals surface area contributed by atoms with Crippen molar-refractivity contribution in [3.8, 4) is 0 Å². The molecule has 1 N–H and O–H groups in total. The van der Waals surface area contributed by atoms with Gasteiger partial charge in [-0.05, 0) is 43.7 Å². The summed E-state index contributed by atoms with van der Waals surface area (Å²) >= 11 is 5.91. The van der Waals surface area contributed by atoms with Gasteiger partial charge in [0.05, 0.1) is 5.56 Å². The average Bonchev–Trinajstić information content (AvgIpc) is 2.39. The number of aryl methyl sites for hydroxylation is 1. The van der Waals surface area contributed by atoms with E-state index >= 15 is 0 Å². The summed E-state index contributed by atoms with van der Waals surface area (Å²) < 4.78 is 0. The van der Waals surface area contributed by atoms with Crippen LogP contribution in [0.25, 0.3) is 0 Å². The topological polar surface area (TPSA) is 53.4 Å². The van der Waals surface area contributed by atoms with E-state index in [2.05, 4.69) is 4.98 Å². The summed E-state index contributed by atoms with van der Waals surface area (Å²) in [4.78, 5) is 17.2. The summed E-state index contributed by atoms with van der Waals surface area (Å²) in [5.74, 6) is -0.487. The molecule has 0 radical (unpaired) electrons. The zero-order valence-corrected chi connectivity index (χ0v) is 12.1. The fourth-order valence-electron chi connectivity index (χ4n) is 2.02. The molecule has 104 valence electrons. The molecule has 4 nitrogen and oxygen atoms in total. The molecule has 0 bridgehead atoms. The molecule has 1 aromatic carbocycles. The van der Waals surface area contributed by atoms with Crippen molar-refractivity contribution in [3.05, 3.63) is 52.7 Å². The number of rotatable bonds is 4. The lowest BCUT2D eigenvalue weighted by Gasteiger charge is -2.23. The predicted molar refractivity (Wildman–Crippen MR) is 80.1 cm³/mol. The molecule has 1 aromatic heterocycles. The van der Waals surface area contributed by atoms with Gasteiger partial charge in [0.1, 0.15) is 11.0 Å². The lowest BCUT2D eigenvalue weighted by atomic mass is 10.2. The van der Waals surface area contributed by atoms with Gasteiger partial charge in [0.15, 0.2) is 0 Å². The van der Waals surface area contributed by atoms with Crippen molar-refractivity contribution in [1.29, 1.82) is 0 Å². The highest BCUT2D eigenvalue weighted by Gasteiger charge is 2.13. The van der Waals surface area contributed by atoms with Gasteiger partial charge in [0.25, 0.3) is 0 Å². The predicted octanol–water partition coefficient (Wildman–Crippen LogP) is 3.90. The van der Waals surface area contributed by atoms with Gasteiger partial charge < -0.3 is 10.0 Å². The van der Waals surface area contributed by atoms with E-state index in [9.17, 15) is 4.79 Å². The van der Waals surface area contributed by atoms with Crippen LogP contribution in [0.3, 0.4) is 0 Å². The Labute approximate surface area is 122 Å². The quantitative estimate of drug-likeness (QED) is 0.868. The summed E-state index contributed by atoms with van der Waals surface area (Å²) in [6, 6.07) is 10.8. The minimum atomic E-state index is -1.02. The molecule has 0 unspecified atom stereocenters. The molecule has 0 aliphatic heterocycles. The number of benzene rings is 1. The van der Waals surface area contributed by atoms with Crippen LogP contribution in [0.5, 0.6) is 0 Å². The van der Waals surface area contributed by atoms with Crippen LogP contribution >= 0.6 is 11.6 Å². The number of hydrogen-bond acceptors (Lipinski definition) is 3. The molecule has 0 aliphatic rings. The molecule has 1 heterocycles. The molecule has 2 rings (SSSR count). The van der Waals surface area contributed by atoms with E-state index in [1.54, 1.807) is 0 Å². The lowest BCUT2D eigenvalue weighted by Crippen LogP contribution is -2.18. The zero-order valence-electron chi connectivity index (χ0n) is 11.3. The van der Waals surface area contributed by atoms with Crippen molar-refractivity contribution in [1.82, 2.24) is 4.98 Å². The number of carbonyl (C=O) groups is 1. The molecular formula is C15H15ClN2O2. The normalized spacial score (nSPS) is 10.3. The van der Waals surface area contributed by atoms with Crippen LogP contribution in [0.1, 0.15) is 22.8 Å². The summed E-state index contributed by atoms with van der Waals surface area (Å²) in [6.07, 6.45) is 0.